The number of amides is 3. The lowest BCUT2D eigenvalue weighted by Crippen LogP contribution is -2.47. The van der Waals surface area contributed by atoms with Gasteiger partial charge in [-0.1, -0.05) is 6.07 Å². The molecule has 9 nitrogen and oxygen atoms in total. The van der Waals surface area contributed by atoms with E-state index in [1.807, 2.05) is 11.4 Å². The molecule has 2 aliphatic rings. The molecule has 1 N–H and O–H groups in total. The van der Waals surface area contributed by atoms with Crippen molar-refractivity contribution in [3.05, 3.63) is 22.4 Å². The molecule has 1 aromatic heterocycles. The molecule has 0 bridgehead atoms. The lowest BCUT2D eigenvalue weighted by Gasteiger charge is -2.32. The van der Waals surface area contributed by atoms with Crippen molar-refractivity contribution in [2.45, 2.75) is 38.6 Å². The van der Waals surface area contributed by atoms with Crippen molar-refractivity contribution >= 4 is 35.2 Å². The highest BCUT2D eigenvalue weighted by atomic mass is 32.1. The van der Waals surface area contributed by atoms with E-state index in [-0.39, 0.29) is 36.5 Å². The van der Waals surface area contributed by atoms with Crippen LogP contribution in [0.25, 0.3) is 0 Å². The molecular formula is C21H29N3O6S. The minimum absolute atomic E-state index is 0.00445. The van der Waals surface area contributed by atoms with E-state index in [4.69, 9.17) is 9.47 Å². The summed E-state index contributed by atoms with van der Waals surface area (Å²) in [5, 5.41) is 4.73. The van der Waals surface area contributed by atoms with Crippen molar-refractivity contribution in [3.8, 4) is 0 Å². The molecule has 2 fully saturated rings. The van der Waals surface area contributed by atoms with E-state index in [9.17, 15) is 19.2 Å². The SMILES string of the molecule is CCOC(=O)N1CCC(NC(=O)COC(=O)C2CCN(C(=O)c3cccs3)CC2)CC1. The fourth-order valence-corrected chi connectivity index (χ4v) is 4.51. The molecule has 0 aliphatic carbocycles. The number of carbonyl (C=O) groups is 4. The molecule has 10 heteroatoms. The maximum atomic E-state index is 12.4. The Hall–Kier alpha value is -2.62. The summed E-state index contributed by atoms with van der Waals surface area (Å²) in [5.74, 6) is -1.04. The van der Waals surface area contributed by atoms with E-state index in [0.717, 1.165) is 0 Å². The van der Waals surface area contributed by atoms with Crippen LogP contribution in [0.1, 0.15) is 42.3 Å². The van der Waals surface area contributed by atoms with Gasteiger partial charge in [0.25, 0.3) is 11.8 Å². The fourth-order valence-electron chi connectivity index (χ4n) is 3.82. The molecule has 0 radical (unpaired) electrons. The zero-order valence-corrected chi connectivity index (χ0v) is 18.5. The summed E-state index contributed by atoms with van der Waals surface area (Å²) in [6, 6.07) is 3.59. The number of likely N-dealkylation sites (tertiary alicyclic amines) is 2. The number of hydrogen-bond acceptors (Lipinski definition) is 7. The van der Waals surface area contributed by atoms with Gasteiger partial charge < -0.3 is 24.6 Å². The van der Waals surface area contributed by atoms with E-state index in [1.54, 1.807) is 22.8 Å². The molecule has 2 saturated heterocycles. The van der Waals surface area contributed by atoms with E-state index in [2.05, 4.69) is 5.32 Å². The summed E-state index contributed by atoms with van der Waals surface area (Å²) in [5.41, 5.74) is 0. The van der Waals surface area contributed by atoms with Crippen LogP contribution in [0.3, 0.4) is 0 Å². The molecule has 3 heterocycles. The first-order valence-electron chi connectivity index (χ1n) is 10.7. The molecule has 170 valence electrons. The second-order valence-corrected chi connectivity index (χ2v) is 8.63. The maximum absolute atomic E-state index is 12.4. The largest absolute Gasteiger partial charge is 0.455 e. The van der Waals surface area contributed by atoms with Crippen LogP contribution in [0.4, 0.5) is 4.79 Å². The number of hydrogen-bond donors (Lipinski definition) is 1. The summed E-state index contributed by atoms with van der Waals surface area (Å²) < 4.78 is 10.2. The molecule has 0 saturated carbocycles. The van der Waals surface area contributed by atoms with Crippen LogP contribution in [-0.2, 0) is 19.1 Å². The van der Waals surface area contributed by atoms with Crippen LogP contribution in [0.2, 0.25) is 0 Å². The van der Waals surface area contributed by atoms with Gasteiger partial charge in [-0.3, -0.25) is 14.4 Å². The monoisotopic (exact) mass is 451 g/mol. The summed E-state index contributed by atoms with van der Waals surface area (Å²) in [4.78, 5) is 52.6. The fraction of sp³-hybridized carbons (Fsp3) is 0.619. The number of nitrogens with one attached hydrogen (secondary N) is 1. The first-order valence-corrected chi connectivity index (χ1v) is 11.6. The zero-order valence-electron chi connectivity index (χ0n) is 17.7. The van der Waals surface area contributed by atoms with Crippen molar-refractivity contribution in [3.63, 3.8) is 0 Å². The molecule has 0 atom stereocenters. The molecule has 0 aromatic carbocycles. The Morgan fingerprint density at radius 1 is 1.03 bits per heavy atom. The molecule has 0 spiro atoms. The molecular weight excluding hydrogens is 422 g/mol. The van der Waals surface area contributed by atoms with Crippen molar-refractivity contribution in [2.24, 2.45) is 5.92 Å². The highest BCUT2D eigenvalue weighted by Crippen LogP contribution is 2.22. The van der Waals surface area contributed by atoms with E-state index in [1.165, 1.54) is 11.3 Å². The lowest BCUT2D eigenvalue weighted by atomic mass is 9.97. The first-order chi connectivity index (χ1) is 15.0. The maximum Gasteiger partial charge on any atom is 0.409 e. The summed E-state index contributed by atoms with van der Waals surface area (Å²) in [6.07, 6.45) is 2.00. The third-order valence-electron chi connectivity index (χ3n) is 5.58. The number of esters is 1. The second-order valence-electron chi connectivity index (χ2n) is 7.68. The number of rotatable bonds is 6. The van der Waals surface area contributed by atoms with Gasteiger partial charge in [-0.15, -0.1) is 11.3 Å². The standard InChI is InChI=1S/C21H29N3O6S/c1-2-29-21(28)24-11-7-16(8-12-24)22-18(25)14-30-20(27)15-5-9-23(10-6-15)19(26)17-4-3-13-31-17/h3-4,13,15-16H,2,5-12,14H2,1H3,(H,22,25). The van der Waals surface area contributed by atoms with Crippen molar-refractivity contribution in [2.75, 3.05) is 39.4 Å². The number of nitrogens with zero attached hydrogens (tertiary/aromatic N) is 2. The predicted octanol–water partition coefficient (Wildman–Crippen LogP) is 1.88. The Kier molecular flexibility index (Phi) is 8.27. The van der Waals surface area contributed by atoms with E-state index < -0.39 is 5.97 Å². The predicted molar refractivity (Wildman–Crippen MR) is 114 cm³/mol. The number of thiophene rings is 1. The third kappa shape index (κ3) is 6.43. The number of piperidine rings is 2. The smallest absolute Gasteiger partial charge is 0.409 e. The van der Waals surface area contributed by atoms with Gasteiger partial charge in [0.15, 0.2) is 6.61 Å². The van der Waals surface area contributed by atoms with Gasteiger partial charge in [-0.25, -0.2) is 4.79 Å². The van der Waals surface area contributed by atoms with E-state index in [0.29, 0.717) is 63.3 Å². The summed E-state index contributed by atoms with van der Waals surface area (Å²) in [7, 11) is 0. The molecule has 2 aliphatic heterocycles. The van der Waals surface area contributed by atoms with E-state index >= 15 is 0 Å². The lowest BCUT2D eigenvalue weighted by molar-refractivity contribution is -0.154. The molecule has 3 amide bonds. The molecule has 31 heavy (non-hydrogen) atoms. The van der Waals surface area contributed by atoms with Crippen LogP contribution >= 0.6 is 11.3 Å². The quantitative estimate of drug-likeness (QED) is 0.662. The van der Waals surface area contributed by atoms with Gasteiger partial charge in [0.2, 0.25) is 0 Å². The van der Waals surface area contributed by atoms with Crippen molar-refractivity contribution in [1.82, 2.24) is 15.1 Å². The average Bonchev–Trinajstić information content (AvgIpc) is 3.33. The van der Waals surface area contributed by atoms with Gasteiger partial charge >= 0.3 is 12.1 Å². The molecule has 3 rings (SSSR count). The van der Waals surface area contributed by atoms with Gasteiger partial charge in [-0.05, 0) is 44.1 Å². The van der Waals surface area contributed by atoms with Crippen LogP contribution in [0, 0.1) is 5.92 Å². The van der Waals surface area contributed by atoms with Crippen LogP contribution in [-0.4, -0.2) is 79.1 Å². The molecule has 0 unspecified atom stereocenters. The normalized spacial score (nSPS) is 17.8. The summed E-state index contributed by atoms with van der Waals surface area (Å²) in [6.45, 7) is 3.83. The Labute approximate surface area is 185 Å². The van der Waals surface area contributed by atoms with Crippen molar-refractivity contribution < 1.29 is 28.7 Å². The number of ether oxygens (including phenoxy) is 2. The Balaban J connectivity index is 1.32. The van der Waals surface area contributed by atoms with Crippen LogP contribution < -0.4 is 5.32 Å². The number of carbonyl (C=O) groups excluding carboxylic acids is 4. The van der Waals surface area contributed by atoms with Crippen LogP contribution in [0.5, 0.6) is 0 Å². The van der Waals surface area contributed by atoms with Gasteiger partial charge in [-0.2, -0.15) is 0 Å². The zero-order chi connectivity index (χ0) is 22.2. The third-order valence-corrected chi connectivity index (χ3v) is 6.44. The minimum atomic E-state index is -0.393. The minimum Gasteiger partial charge on any atom is -0.455 e. The summed E-state index contributed by atoms with van der Waals surface area (Å²) >= 11 is 1.41. The Bertz CT molecular complexity index is 768. The highest BCUT2D eigenvalue weighted by Gasteiger charge is 2.30. The van der Waals surface area contributed by atoms with Crippen molar-refractivity contribution in [1.29, 1.82) is 0 Å². The molecule has 1 aromatic rings. The highest BCUT2D eigenvalue weighted by molar-refractivity contribution is 7.12. The Morgan fingerprint density at radius 3 is 2.32 bits per heavy atom. The van der Waals surface area contributed by atoms with Crippen LogP contribution in [0.15, 0.2) is 17.5 Å². The van der Waals surface area contributed by atoms with Gasteiger partial charge in [0, 0.05) is 32.2 Å². The Morgan fingerprint density at radius 2 is 1.71 bits per heavy atom. The topological polar surface area (TPSA) is 105 Å². The van der Waals surface area contributed by atoms with Gasteiger partial charge in [0.1, 0.15) is 0 Å². The first kappa shape index (κ1) is 23.1. The van der Waals surface area contributed by atoms with Gasteiger partial charge in [0.05, 0.1) is 17.4 Å². The second kappa shape index (κ2) is 11.1. The average molecular weight is 452 g/mol.